The minimum atomic E-state index is -0.140. The number of amides is 1. The van der Waals surface area contributed by atoms with Gasteiger partial charge in [0.15, 0.2) is 0 Å². The molecule has 0 spiro atoms. The lowest BCUT2D eigenvalue weighted by Gasteiger charge is -2.16. The highest BCUT2D eigenvalue weighted by Gasteiger charge is 2.11. The lowest BCUT2D eigenvalue weighted by Crippen LogP contribution is -2.31. The van der Waals surface area contributed by atoms with Crippen molar-refractivity contribution in [3.05, 3.63) is 55.9 Å². The summed E-state index contributed by atoms with van der Waals surface area (Å²) in [5.74, 6) is 0.429. The van der Waals surface area contributed by atoms with Crippen molar-refractivity contribution in [1.82, 2.24) is 14.9 Å². The summed E-state index contributed by atoms with van der Waals surface area (Å²) in [5.41, 5.74) is 2.32. The molecule has 2 aromatic heterocycles. The van der Waals surface area contributed by atoms with Gasteiger partial charge >= 0.3 is 0 Å². The summed E-state index contributed by atoms with van der Waals surface area (Å²) in [6, 6.07) is 7.52. The number of anilines is 1. The molecule has 1 amide bonds. The number of rotatable bonds is 5. The van der Waals surface area contributed by atoms with Crippen molar-refractivity contribution in [2.24, 2.45) is 0 Å². The van der Waals surface area contributed by atoms with Crippen molar-refractivity contribution < 1.29 is 4.79 Å². The molecule has 2 N–H and O–H groups in total. The van der Waals surface area contributed by atoms with Crippen molar-refractivity contribution >= 4 is 49.1 Å². The van der Waals surface area contributed by atoms with Crippen LogP contribution in [0.4, 0.5) is 5.69 Å². The van der Waals surface area contributed by atoms with Crippen molar-refractivity contribution in [3.63, 3.8) is 0 Å². The third-order valence-electron chi connectivity index (χ3n) is 3.66. The average Bonchev–Trinajstić information content (AvgIpc) is 2.99. The molecule has 25 heavy (non-hydrogen) atoms. The highest BCUT2D eigenvalue weighted by molar-refractivity contribution is 9.10. The quantitative estimate of drug-likeness (QED) is 0.664. The van der Waals surface area contributed by atoms with Gasteiger partial charge in [-0.15, -0.1) is 11.3 Å². The Morgan fingerprint density at radius 3 is 2.96 bits per heavy atom. The minimum absolute atomic E-state index is 0.119. The number of halogens is 1. The van der Waals surface area contributed by atoms with Crippen LogP contribution in [0.5, 0.6) is 0 Å². The van der Waals surface area contributed by atoms with Gasteiger partial charge in [-0.05, 0) is 49.2 Å². The predicted octanol–water partition coefficient (Wildman–Crippen LogP) is 3.13. The van der Waals surface area contributed by atoms with E-state index in [0.29, 0.717) is 22.6 Å². The summed E-state index contributed by atoms with van der Waals surface area (Å²) in [5, 5.41) is 4.74. The van der Waals surface area contributed by atoms with E-state index >= 15 is 0 Å². The second-order valence-corrected chi connectivity index (χ2v) is 7.66. The number of aromatic nitrogens is 2. The van der Waals surface area contributed by atoms with E-state index < -0.39 is 0 Å². The number of hydrogen-bond acceptors (Lipinski definition) is 5. The smallest absolute Gasteiger partial charge is 0.268 e. The molecule has 0 aliphatic heterocycles. The molecule has 0 radical (unpaired) electrons. The molecule has 0 saturated carbocycles. The Hall–Kier alpha value is -2.03. The van der Waals surface area contributed by atoms with Gasteiger partial charge in [-0.1, -0.05) is 15.9 Å². The Balaban J connectivity index is 1.63. The molecule has 0 atom stereocenters. The summed E-state index contributed by atoms with van der Waals surface area (Å²) in [7, 11) is 1.81. The van der Waals surface area contributed by atoms with Gasteiger partial charge in [0.2, 0.25) is 5.91 Å². The molecule has 0 saturated heterocycles. The molecule has 6 nitrogen and oxygen atoms in total. The van der Waals surface area contributed by atoms with E-state index in [4.69, 9.17) is 0 Å². The Labute approximate surface area is 157 Å². The lowest BCUT2D eigenvalue weighted by molar-refractivity contribution is -0.117. The molecule has 130 valence electrons. The Morgan fingerprint density at radius 1 is 1.40 bits per heavy atom. The van der Waals surface area contributed by atoms with Gasteiger partial charge in [0.1, 0.15) is 10.5 Å². The van der Waals surface area contributed by atoms with Crippen molar-refractivity contribution in [2.75, 3.05) is 18.9 Å². The fourth-order valence-corrected chi connectivity index (χ4v) is 3.71. The first-order valence-corrected chi connectivity index (χ1v) is 9.30. The molecule has 3 rings (SSSR count). The Kier molecular flexibility index (Phi) is 5.31. The maximum Gasteiger partial charge on any atom is 0.268 e. The Bertz CT molecular complexity index is 982. The number of nitrogens with one attached hydrogen (secondary N) is 2. The normalized spacial score (nSPS) is 11.2. The molecule has 0 aliphatic rings. The zero-order valence-electron chi connectivity index (χ0n) is 13.8. The number of carbonyl (C=O) groups is 1. The van der Waals surface area contributed by atoms with Crippen LogP contribution < -0.4 is 10.9 Å². The van der Waals surface area contributed by atoms with Crippen molar-refractivity contribution in [2.45, 2.75) is 13.5 Å². The monoisotopic (exact) mass is 420 g/mol. The van der Waals surface area contributed by atoms with Crippen LogP contribution >= 0.6 is 27.3 Å². The maximum absolute atomic E-state index is 12.2. The zero-order chi connectivity index (χ0) is 18.0. The molecule has 3 aromatic rings. The van der Waals surface area contributed by atoms with E-state index in [1.807, 2.05) is 43.6 Å². The topological polar surface area (TPSA) is 78.1 Å². The van der Waals surface area contributed by atoms with Crippen molar-refractivity contribution in [1.29, 1.82) is 0 Å². The molecule has 2 heterocycles. The Morgan fingerprint density at radius 2 is 2.20 bits per heavy atom. The van der Waals surface area contributed by atoms with Crippen LogP contribution in [0.25, 0.3) is 10.2 Å². The summed E-state index contributed by atoms with van der Waals surface area (Å²) >= 11 is 4.77. The average molecular weight is 421 g/mol. The number of thiophene rings is 1. The number of likely N-dealkylation sites (N-methyl/N-ethyl adjacent to an activating group) is 1. The molecule has 8 heteroatoms. The van der Waals surface area contributed by atoms with Crippen LogP contribution in [-0.4, -0.2) is 34.4 Å². The van der Waals surface area contributed by atoms with Gasteiger partial charge < -0.3 is 10.3 Å². The van der Waals surface area contributed by atoms with Crippen LogP contribution in [0, 0.1) is 6.92 Å². The third kappa shape index (κ3) is 4.33. The van der Waals surface area contributed by atoms with Crippen LogP contribution in [-0.2, 0) is 11.3 Å². The van der Waals surface area contributed by atoms with Crippen LogP contribution in [0.1, 0.15) is 11.4 Å². The third-order valence-corrected chi connectivity index (χ3v) is 5.06. The molecular formula is C17H17BrN4O2S. The summed E-state index contributed by atoms with van der Waals surface area (Å²) in [6.07, 6.45) is 0. The fraction of sp³-hybridized carbons (Fsp3) is 0.235. The summed E-state index contributed by atoms with van der Waals surface area (Å²) in [6.45, 7) is 2.52. The van der Waals surface area contributed by atoms with E-state index in [-0.39, 0.29) is 18.0 Å². The SMILES string of the molecule is Cc1cc(Br)ccc1NC(=O)CN(C)Cc1nc2ccsc2c(=O)[nH]1. The zero-order valence-corrected chi connectivity index (χ0v) is 16.2. The predicted molar refractivity (Wildman–Crippen MR) is 104 cm³/mol. The van der Waals surface area contributed by atoms with Gasteiger partial charge in [-0.2, -0.15) is 0 Å². The molecule has 0 fully saturated rings. The fourth-order valence-electron chi connectivity index (χ4n) is 2.51. The van der Waals surface area contributed by atoms with Gasteiger partial charge in [0, 0.05) is 10.2 Å². The van der Waals surface area contributed by atoms with E-state index in [1.165, 1.54) is 11.3 Å². The standard InChI is InChI=1S/C17H17BrN4O2S/c1-10-7-11(18)3-4-12(10)20-15(23)9-22(2)8-14-19-13-5-6-25-16(13)17(24)21-14/h3-7H,8-9H2,1-2H3,(H,20,23)(H,19,21,24). The molecule has 0 bridgehead atoms. The second-order valence-electron chi connectivity index (χ2n) is 5.83. The van der Waals surface area contributed by atoms with Gasteiger partial charge in [0.25, 0.3) is 5.56 Å². The number of benzene rings is 1. The largest absolute Gasteiger partial charge is 0.325 e. The number of hydrogen-bond donors (Lipinski definition) is 2. The van der Waals surface area contributed by atoms with E-state index in [9.17, 15) is 9.59 Å². The molecule has 0 unspecified atom stereocenters. The maximum atomic E-state index is 12.2. The number of carbonyl (C=O) groups excluding carboxylic acids is 1. The highest BCUT2D eigenvalue weighted by atomic mass is 79.9. The van der Waals surface area contributed by atoms with Crippen LogP contribution in [0.2, 0.25) is 0 Å². The first-order valence-electron chi connectivity index (χ1n) is 7.63. The number of H-pyrrole nitrogens is 1. The number of nitrogens with zero attached hydrogens (tertiary/aromatic N) is 2. The van der Waals surface area contributed by atoms with Crippen LogP contribution in [0.3, 0.4) is 0 Å². The first kappa shape index (κ1) is 17.8. The van der Waals surface area contributed by atoms with Crippen molar-refractivity contribution in [3.8, 4) is 0 Å². The van der Waals surface area contributed by atoms with Gasteiger partial charge in [-0.3, -0.25) is 14.5 Å². The minimum Gasteiger partial charge on any atom is -0.325 e. The number of fused-ring (bicyclic) bond motifs is 1. The highest BCUT2D eigenvalue weighted by Crippen LogP contribution is 2.20. The molecular weight excluding hydrogens is 404 g/mol. The van der Waals surface area contributed by atoms with E-state index in [2.05, 4.69) is 31.2 Å². The lowest BCUT2D eigenvalue weighted by atomic mass is 10.2. The first-order chi connectivity index (χ1) is 11.9. The van der Waals surface area contributed by atoms with Crippen LogP contribution in [0.15, 0.2) is 38.9 Å². The second kappa shape index (κ2) is 7.47. The van der Waals surface area contributed by atoms with E-state index in [0.717, 1.165) is 15.7 Å². The van der Waals surface area contributed by atoms with Gasteiger partial charge in [0.05, 0.1) is 18.6 Å². The number of aryl methyl sites for hydroxylation is 1. The number of aromatic amines is 1. The molecule has 1 aromatic carbocycles. The summed E-state index contributed by atoms with van der Waals surface area (Å²) in [4.78, 5) is 33.2. The van der Waals surface area contributed by atoms with Gasteiger partial charge in [-0.25, -0.2) is 4.98 Å². The van der Waals surface area contributed by atoms with E-state index in [1.54, 1.807) is 4.90 Å². The molecule has 0 aliphatic carbocycles. The summed E-state index contributed by atoms with van der Waals surface area (Å²) < 4.78 is 1.59.